The average molecular weight is 328 g/mol. The van der Waals surface area contributed by atoms with Crippen molar-refractivity contribution in [3.63, 3.8) is 0 Å². The Labute approximate surface area is 149 Å². The molecule has 0 aliphatic rings. The molecule has 0 atom stereocenters. The zero-order chi connectivity index (χ0) is 17.4. The summed E-state index contributed by atoms with van der Waals surface area (Å²) in [4.78, 5) is 0. The van der Waals surface area contributed by atoms with Gasteiger partial charge in [-0.1, -0.05) is 130 Å². The fraction of sp³-hybridized carbons (Fsp3) is 1.00. The lowest BCUT2D eigenvalue weighted by atomic mass is 10.1. The molecule has 0 unspecified atom stereocenters. The van der Waals surface area contributed by atoms with Crippen molar-refractivity contribution in [3.05, 3.63) is 0 Å². The number of nitrogens with two attached hydrogens (primary N) is 1. The van der Waals surface area contributed by atoms with Crippen molar-refractivity contribution in [2.24, 2.45) is 5.73 Å². The lowest BCUT2D eigenvalue weighted by Gasteiger charge is -1.99. The molecule has 0 aromatic heterocycles. The van der Waals surface area contributed by atoms with Crippen molar-refractivity contribution in [1.82, 2.24) is 0 Å². The van der Waals surface area contributed by atoms with Gasteiger partial charge in [-0.3, -0.25) is 0 Å². The van der Waals surface area contributed by atoms with Gasteiger partial charge in [0.25, 0.3) is 0 Å². The molecule has 0 bridgehead atoms. The second kappa shape index (κ2) is 26.8. The quantitative estimate of drug-likeness (QED) is 0.269. The minimum absolute atomic E-state index is 0.871. The second-order valence-electron chi connectivity index (χ2n) is 7.09. The minimum Gasteiger partial charge on any atom is -0.330 e. The van der Waals surface area contributed by atoms with E-state index in [9.17, 15) is 0 Å². The number of hydrogen-bond donors (Lipinski definition) is 1. The molecule has 0 saturated carbocycles. The van der Waals surface area contributed by atoms with Crippen LogP contribution >= 0.6 is 0 Å². The van der Waals surface area contributed by atoms with E-state index in [1.54, 1.807) is 0 Å². The molecule has 0 spiro atoms. The first-order chi connectivity index (χ1) is 11.3. The molecular weight excluding hydrogens is 278 g/mol. The van der Waals surface area contributed by atoms with E-state index < -0.39 is 0 Å². The van der Waals surface area contributed by atoms with Crippen molar-refractivity contribution >= 4 is 0 Å². The molecule has 0 amide bonds. The van der Waals surface area contributed by atoms with Gasteiger partial charge in [-0.05, 0) is 13.0 Å². The van der Waals surface area contributed by atoms with Gasteiger partial charge in [0.05, 0.1) is 0 Å². The molecule has 23 heavy (non-hydrogen) atoms. The minimum atomic E-state index is 0.871. The van der Waals surface area contributed by atoms with Gasteiger partial charge >= 0.3 is 0 Å². The third-order valence-corrected chi connectivity index (χ3v) is 4.51. The number of unbranched alkanes of at least 4 members (excludes halogenated alkanes) is 16. The Kier molecular flexibility index (Phi) is 29.4. The Hall–Kier alpha value is -0.0400. The number of hydrogen-bond acceptors (Lipinski definition) is 1. The van der Waals surface area contributed by atoms with E-state index in [1.807, 2.05) is 0 Å². The van der Waals surface area contributed by atoms with E-state index >= 15 is 0 Å². The van der Waals surface area contributed by atoms with Crippen LogP contribution in [0.4, 0.5) is 0 Å². The second-order valence-corrected chi connectivity index (χ2v) is 7.09. The molecule has 1 heteroatoms. The zero-order valence-electron chi connectivity index (χ0n) is 17.0. The Morgan fingerprint density at radius 3 is 0.783 bits per heavy atom. The van der Waals surface area contributed by atoms with Gasteiger partial charge in [0.1, 0.15) is 0 Å². The van der Waals surface area contributed by atoms with Crippen LogP contribution in [0.5, 0.6) is 0 Å². The van der Waals surface area contributed by atoms with Crippen LogP contribution in [0.1, 0.15) is 136 Å². The highest BCUT2D eigenvalue weighted by Gasteiger charge is 1.90. The molecular formula is C22H49N. The average Bonchev–Trinajstić information content (AvgIpc) is 2.57. The summed E-state index contributed by atoms with van der Waals surface area (Å²) in [7, 11) is 0. The molecule has 0 aliphatic carbocycles. The first-order valence-electron chi connectivity index (χ1n) is 11.0. The summed E-state index contributed by atoms with van der Waals surface area (Å²) in [6.07, 6.45) is 25.4. The van der Waals surface area contributed by atoms with Crippen LogP contribution < -0.4 is 5.73 Å². The Morgan fingerprint density at radius 2 is 0.565 bits per heavy atom. The highest BCUT2D eigenvalue weighted by molar-refractivity contribution is 4.47. The van der Waals surface area contributed by atoms with E-state index in [1.165, 1.54) is 116 Å². The molecule has 1 nitrogen and oxygen atoms in total. The molecule has 142 valence electrons. The van der Waals surface area contributed by atoms with Gasteiger partial charge in [0, 0.05) is 0 Å². The first-order valence-corrected chi connectivity index (χ1v) is 11.0. The maximum absolute atomic E-state index is 5.41. The van der Waals surface area contributed by atoms with Crippen molar-refractivity contribution in [2.75, 3.05) is 6.54 Å². The van der Waals surface area contributed by atoms with Crippen molar-refractivity contribution in [1.29, 1.82) is 0 Å². The lowest BCUT2D eigenvalue weighted by Crippen LogP contribution is -1.97. The third-order valence-electron chi connectivity index (χ3n) is 4.51. The van der Waals surface area contributed by atoms with Crippen molar-refractivity contribution in [2.45, 2.75) is 136 Å². The lowest BCUT2D eigenvalue weighted by molar-refractivity contribution is 0.567. The summed E-state index contributed by atoms with van der Waals surface area (Å²) in [6, 6.07) is 0. The fourth-order valence-electron chi connectivity index (χ4n) is 2.84. The van der Waals surface area contributed by atoms with Crippen LogP contribution in [0.15, 0.2) is 0 Å². The standard InChI is InChI=1S/C11H25N.C11H24/c1-2-3-4-5-6-7-8-9-10-11-12;1-3-5-7-9-11-10-8-6-4-2/h2-12H2,1H3;3-11H2,1-2H3. The van der Waals surface area contributed by atoms with Crippen molar-refractivity contribution < 1.29 is 0 Å². The summed E-state index contributed by atoms with van der Waals surface area (Å²) >= 11 is 0. The smallest absolute Gasteiger partial charge is 0.00773 e. The zero-order valence-corrected chi connectivity index (χ0v) is 17.0. The molecule has 0 radical (unpaired) electrons. The first kappa shape index (κ1) is 25.2. The van der Waals surface area contributed by atoms with Gasteiger partial charge in [0.2, 0.25) is 0 Å². The maximum atomic E-state index is 5.41. The predicted molar refractivity (Wildman–Crippen MR) is 109 cm³/mol. The van der Waals surface area contributed by atoms with E-state index in [0.29, 0.717) is 0 Å². The molecule has 2 N–H and O–H groups in total. The summed E-state index contributed by atoms with van der Waals surface area (Å²) in [5.41, 5.74) is 5.41. The summed E-state index contributed by atoms with van der Waals surface area (Å²) < 4.78 is 0. The van der Waals surface area contributed by atoms with Gasteiger partial charge < -0.3 is 5.73 Å². The normalized spacial score (nSPS) is 10.4. The van der Waals surface area contributed by atoms with Gasteiger partial charge in [0.15, 0.2) is 0 Å². The highest BCUT2D eigenvalue weighted by atomic mass is 14.5. The molecule has 0 aromatic carbocycles. The Morgan fingerprint density at radius 1 is 0.348 bits per heavy atom. The van der Waals surface area contributed by atoms with Crippen LogP contribution in [0.3, 0.4) is 0 Å². The summed E-state index contributed by atoms with van der Waals surface area (Å²) in [5, 5.41) is 0. The molecule has 0 fully saturated rings. The van der Waals surface area contributed by atoms with Crippen molar-refractivity contribution in [3.8, 4) is 0 Å². The van der Waals surface area contributed by atoms with Crippen LogP contribution in [0, 0.1) is 0 Å². The third kappa shape index (κ3) is 30.4. The van der Waals surface area contributed by atoms with Gasteiger partial charge in [-0.15, -0.1) is 0 Å². The van der Waals surface area contributed by atoms with E-state index in [0.717, 1.165) is 6.54 Å². The van der Waals surface area contributed by atoms with E-state index in [-0.39, 0.29) is 0 Å². The Balaban J connectivity index is 0. The van der Waals surface area contributed by atoms with E-state index in [4.69, 9.17) is 5.73 Å². The molecule has 0 rings (SSSR count). The highest BCUT2D eigenvalue weighted by Crippen LogP contribution is 2.09. The van der Waals surface area contributed by atoms with Crippen LogP contribution in [-0.2, 0) is 0 Å². The number of rotatable bonds is 17. The monoisotopic (exact) mass is 327 g/mol. The summed E-state index contributed by atoms with van der Waals surface area (Å²) in [5.74, 6) is 0. The van der Waals surface area contributed by atoms with E-state index in [2.05, 4.69) is 20.8 Å². The molecule has 0 aliphatic heterocycles. The van der Waals surface area contributed by atoms with Gasteiger partial charge in [-0.2, -0.15) is 0 Å². The van der Waals surface area contributed by atoms with Crippen LogP contribution in [0.2, 0.25) is 0 Å². The topological polar surface area (TPSA) is 26.0 Å². The fourth-order valence-corrected chi connectivity index (χ4v) is 2.84. The largest absolute Gasteiger partial charge is 0.330 e. The van der Waals surface area contributed by atoms with Gasteiger partial charge in [-0.25, -0.2) is 0 Å². The molecule has 0 saturated heterocycles. The predicted octanol–water partition coefficient (Wildman–Crippen LogP) is 8.01. The van der Waals surface area contributed by atoms with Crippen LogP contribution in [0.25, 0.3) is 0 Å². The molecule has 0 heterocycles. The SMILES string of the molecule is CCCCCCCCCCC.CCCCCCCCCCCN. The van der Waals surface area contributed by atoms with Crippen LogP contribution in [-0.4, -0.2) is 6.54 Å². The Bertz CT molecular complexity index is 149. The summed E-state index contributed by atoms with van der Waals surface area (Å²) in [6.45, 7) is 7.69. The maximum Gasteiger partial charge on any atom is -0.00773 e. The molecule has 0 aromatic rings.